The highest BCUT2D eigenvalue weighted by molar-refractivity contribution is 5.77. The minimum Gasteiger partial charge on any atom is -0.347 e. The van der Waals surface area contributed by atoms with Gasteiger partial charge < -0.3 is 4.90 Å². The van der Waals surface area contributed by atoms with Gasteiger partial charge in [-0.1, -0.05) is 37.5 Å². The van der Waals surface area contributed by atoms with Crippen LogP contribution in [0, 0.1) is 0 Å². The molecule has 0 aromatic heterocycles. The van der Waals surface area contributed by atoms with Crippen LogP contribution in [0.3, 0.4) is 0 Å². The minimum atomic E-state index is 0.260. The Kier molecular flexibility index (Phi) is 3.41. The molecule has 1 aromatic carbocycles. The van der Waals surface area contributed by atoms with Gasteiger partial charge in [0.1, 0.15) is 14.1 Å². The van der Waals surface area contributed by atoms with Gasteiger partial charge in [0.15, 0.2) is 6.21 Å². The Bertz CT molecular complexity index is 559. The molecule has 0 radical (unpaired) electrons. The van der Waals surface area contributed by atoms with Crippen molar-refractivity contribution in [3.8, 4) is 0 Å². The van der Waals surface area contributed by atoms with Gasteiger partial charge in [-0.15, -0.1) is 0 Å². The fraction of sp³-hybridized carbons (Fsp3) is 0.500. The minimum absolute atomic E-state index is 0.260. The molecule has 1 heterocycles. The van der Waals surface area contributed by atoms with Crippen molar-refractivity contribution >= 4 is 11.9 Å². The van der Waals surface area contributed by atoms with Crippen LogP contribution in [0.15, 0.2) is 36.0 Å². The van der Waals surface area contributed by atoms with E-state index < -0.39 is 0 Å². The first-order valence-corrected chi connectivity index (χ1v) is 7.70. The Morgan fingerprint density at radius 1 is 1.10 bits per heavy atom. The molecule has 1 aliphatic heterocycles. The number of allylic oxidation sites excluding steroid dienone is 2. The predicted molar refractivity (Wildman–Crippen MR) is 85.9 cm³/mol. The molecule has 0 saturated heterocycles. The van der Waals surface area contributed by atoms with E-state index in [-0.39, 0.29) is 5.41 Å². The van der Waals surface area contributed by atoms with E-state index in [2.05, 4.69) is 67.2 Å². The van der Waals surface area contributed by atoms with Crippen molar-refractivity contribution in [2.24, 2.45) is 0 Å². The Morgan fingerprint density at radius 3 is 2.50 bits per heavy atom. The highest BCUT2D eigenvalue weighted by atomic mass is 15.2. The summed E-state index contributed by atoms with van der Waals surface area (Å²) in [5.41, 5.74) is 4.68. The van der Waals surface area contributed by atoms with Gasteiger partial charge in [-0.3, -0.25) is 0 Å². The maximum absolute atomic E-state index is 2.40. The van der Waals surface area contributed by atoms with Gasteiger partial charge in [-0.05, 0) is 24.5 Å². The van der Waals surface area contributed by atoms with Crippen LogP contribution in [0.2, 0.25) is 0 Å². The number of hydrogen-bond donors (Lipinski definition) is 0. The van der Waals surface area contributed by atoms with Crippen LogP contribution in [0.1, 0.15) is 37.7 Å². The summed E-state index contributed by atoms with van der Waals surface area (Å²) in [5.74, 6) is 0. The first kappa shape index (κ1) is 13.4. The number of nitrogens with zero attached hydrogens (tertiary/aromatic N) is 2. The van der Waals surface area contributed by atoms with Crippen LogP contribution < -0.4 is 4.90 Å². The van der Waals surface area contributed by atoms with Gasteiger partial charge in [0, 0.05) is 29.9 Å². The number of benzene rings is 1. The molecule has 0 N–H and O–H groups in total. The average Bonchev–Trinajstić information content (AvgIpc) is 2.68. The van der Waals surface area contributed by atoms with Crippen LogP contribution >= 0.6 is 0 Å². The van der Waals surface area contributed by atoms with Crippen molar-refractivity contribution in [1.82, 2.24) is 0 Å². The van der Waals surface area contributed by atoms with Crippen molar-refractivity contribution in [1.29, 1.82) is 0 Å². The molecule has 3 rings (SSSR count). The summed E-state index contributed by atoms with van der Waals surface area (Å²) in [4.78, 5) is 2.40. The number of para-hydroxylation sites is 1. The van der Waals surface area contributed by atoms with Crippen LogP contribution in [-0.2, 0) is 5.41 Å². The van der Waals surface area contributed by atoms with Crippen molar-refractivity contribution in [3.63, 3.8) is 0 Å². The highest BCUT2D eigenvalue weighted by Crippen LogP contribution is 2.54. The van der Waals surface area contributed by atoms with Gasteiger partial charge in [0.05, 0.1) is 0 Å². The first-order valence-electron chi connectivity index (χ1n) is 7.70. The van der Waals surface area contributed by atoms with E-state index in [1.165, 1.54) is 43.5 Å². The summed E-state index contributed by atoms with van der Waals surface area (Å²) < 4.78 is 2.13. The van der Waals surface area contributed by atoms with Gasteiger partial charge >= 0.3 is 0 Å². The van der Waals surface area contributed by atoms with Gasteiger partial charge in [-0.2, -0.15) is 0 Å². The van der Waals surface area contributed by atoms with Crippen LogP contribution in [0.25, 0.3) is 0 Å². The zero-order valence-corrected chi connectivity index (χ0v) is 12.9. The highest BCUT2D eigenvalue weighted by Gasteiger charge is 2.46. The lowest BCUT2D eigenvalue weighted by Crippen LogP contribution is -2.32. The molecule has 1 saturated carbocycles. The first-order chi connectivity index (χ1) is 9.65. The second-order valence-corrected chi connectivity index (χ2v) is 6.38. The monoisotopic (exact) mass is 269 g/mol. The van der Waals surface area contributed by atoms with Crippen molar-refractivity contribution in [2.45, 2.75) is 37.5 Å². The van der Waals surface area contributed by atoms with Crippen LogP contribution in [-0.4, -0.2) is 31.9 Å². The molecule has 106 valence electrons. The summed E-state index contributed by atoms with van der Waals surface area (Å²) in [6.07, 6.45) is 11.2. The number of likely N-dealkylation sites (N-methyl/N-ethyl adjacent to an activating group) is 1. The molecule has 1 spiro atoms. The van der Waals surface area contributed by atoms with Gasteiger partial charge in [0.2, 0.25) is 0 Å². The molecular weight excluding hydrogens is 244 g/mol. The molecule has 1 aliphatic carbocycles. The van der Waals surface area contributed by atoms with E-state index >= 15 is 0 Å². The molecule has 0 unspecified atom stereocenters. The zero-order valence-electron chi connectivity index (χ0n) is 12.9. The summed E-state index contributed by atoms with van der Waals surface area (Å²) >= 11 is 0. The third-order valence-corrected chi connectivity index (χ3v) is 4.87. The number of fused-ring (bicyclic) bond motifs is 2. The fourth-order valence-corrected chi connectivity index (χ4v) is 3.93. The maximum Gasteiger partial charge on any atom is 0.164 e. The number of anilines is 1. The lowest BCUT2D eigenvalue weighted by atomic mass is 9.68. The Hall–Kier alpha value is -1.57. The summed E-state index contributed by atoms with van der Waals surface area (Å²) in [5, 5.41) is 0. The smallest absolute Gasteiger partial charge is 0.164 e. The summed E-state index contributed by atoms with van der Waals surface area (Å²) in [7, 11) is 6.40. The molecule has 2 aliphatic rings. The fourth-order valence-electron chi connectivity index (χ4n) is 3.93. The molecule has 2 heteroatoms. The molecule has 0 amide bonds. The van der Waals surface area contributed by atoms with E-state index in [0.717, 1.165) is 0 Å². The Labute approximate surface area is 122 Å². The molecule has 0 bridgehead atoms. The van der Waals surface area contributed by atoms with Crippen LogP contribution in [0.4, 0.5) is 5.69 Å². The lowest BCUT2D eigenvalue weighted by Gasteiger charge is -2.36. The molecular formula is C18H25N2+. The summed E-state index contributed by atoms with van der Waals surface area (Å²) in [6.45, 7) is 0. The normalized spacial score (nSPS) is 22.1. The van der Waals surface area contributed by atoms with E-state index in [4.69, 9.17) is 0 Å². The topological polar surface area (TPSA) is 6.25 Å². The largest absolute Gasteiger partial charge is 0.347 e. The third-order valence-electron chi connectivity index (χ3n) is 4.87. The molecule has 1 fully saturated rings. The number of rotatable bonds is 1. The molecule has 2 nitrogen and oxygen atoms in total. The second kappa shape index (κ2) is 5.08. The van der Waals surface area contributed by atoms with Crippen molar-refractivity contribution in [2.75, 3.05) is 26.0 Å². The average molecular weight is 269 g/mol. The van der Waals surface area contributed by atoms with Gasteiger partial charge in [-0.25, -0.2) is 4.58 Å². The SMILES string of the molecule is CN1C(=CC=[N+](C)C)C2(CCCCC2)c2ccccc21. The van der Waals surface area contributed by atoms with E-state index in [9.17, 15) is 0 Å². The second-order valence-electron chi connectivity index (χ2n) is 6.38. The quantitative estimate of drug-likeness (QED) is 0.558. The molecule has 20 heavy (non-hydrogen) atoms. The Balaban J connectivity index is 2.15. The Morgan fingerprint density at radius 2 is 1.80 bits per heavy atom. The van der Waals surface area contributed by atoms with E-state index in [0.29, 0.717) is 0 Å². The van der Waals surface area contributed by atoms with E-state index in [1.54, 1.807) is 5.56 Å². The van der Waals surface area contributed by atoms with Crippen molar-refractivity contribution in [3.05, 3.63) is 41.6 Å². The third kappa shape index (κ3) is 1.98. The van der Waals surface area contributed by atoms with Crippen molar-refractivity contribution < 1.29 is 4.58 Å². The maximum atomic E-state index is 2.40. The lowest BCUT2D eigenvalue weighted by molar-refractivity contribution is -0.458. The summed E-state index contributed by atoms with van der Waals surface area (Å²) in [6, 6.07) is 8.96. The molecule has 0 atom stereocenters. The van der Waals surface area contributed by atoms with Crippen LogP contribution in [0.5, 0.6) is 0 Å². The van der Waals surface area contributed by atoms with E-state index in [1.807, 2.05) is 0 Å². The van der Waals surface area contributed by atoms with Gasteiger partial charge in [0.25, 0.3) is 0 Å². The zero-order chi connectivity index (χ0) is 14.2. The predicted octanol–water partition coefficient (Wildman–Crippen LogP) is 3.57. The molecule has 1 aromatic rings. The number of hydrogen-bond acceptors (Lipinski definition) is 1. The standard InChI is InChI=1S/C18H25N2/c1-19(2)14-11-17-18(12-7-4-8-13-18)15-9-5-6-10-16(15)20(17)3/h5-6,9-11,14H,4,7-8,12-13H2,1-3H3/q+1.